The van der Waals surface area contributed by atoms with Crippen molar-refractivity contribution >= 4 is 16.7 Å². The largest absolute Gasteiger partial charge is 0.506 e. The van der Waals surface area contributed by atoms with Gasteiger partial charge in [-0.15, -0.1) is 0 Å². The van der Waals surface area contributed by atoms with Gasteiger partial charge in [0.15, 0.2) is 5.78 Å². The summed E-state index contributed by atoms with van der Waals surface area (Å²) in [6.07, 6.45) is 0.902. The standard InChI is InChI=1S/C13H13NO3/c1-2-5-10(15)11-12(16)8-6-3-4-7-9(8)14-13(11)17/h3-4,6-7H,2,5H2,1H3,(H2,14,16,17). The quantitative estimate of drug-likeness (QED) is 0.796. The number of carbonyl (C=O) groups is 1. The maximum absolute atomic E-state index is 11.8. The third-order valence-electron chi connectivity index (χ3n) is 2.65. The van der Waals surface area contributed by atoms with Gasteiger partial charge < -0.3 is 10.1 Å². The number of aromatic nitrogens is 1. The number of rotatable bonds is 3. The number of H-pyrrole nitrogens is 1. The van der Waals surface area contributed by atoms with Crippen molar-refractivity contribution < 1.29 is 9.90 Å². The van der Waals surface area contributed by atoms with Crippen LogP contribution in [0, 0.1) is 0 Å². The van der Waals surface area contributed by atoms with Crippen molar-refractivity contribution in [2.45, 2.75) is 19.8 Å². The first-order chi connectivity index (χ1) is 8.15. The fourth-order valence-corrected chi connectivity index (χ4v) is 1.84. The molecule has 0 fully saturated rings. The zero-order valence-electron chi connectivity index (χ0n) is 9.49. The Kier molecular flexibility index (Phi) is 2.95. The molecular formula is C13H13NO3. The van der Waals surface area contributed by atoms with E-state index >= 15 is 0 Å². The van der Waals surface area contributed by atoms with Crippen LogP contribution >= 0.6 is 0 Å². The van der Waals surface area contributed by atoms with E-state index in [2.05, 4.69) is 4.98 Å². The average molecular weight is 231 g/mol. The molecular weight excluding hydrogens is 218 g/mol. The number of nitrogens with one attached hydrogen (secondary N) is 1. The maximum Gasteiger partial charge on any atom is 0.263 e. The van der Waals surface area contributed by atoms with E-state index in [1.54, 1.807) is 24.3 Å². The SMILES string of the molecule is CCCC(=O)c1c(O)c2ccccc2[nH]c1=O. The van der Waals surface area contributed by atoms with E-state index in [1.165, 1.54) is 0 Å². The highest BCUT2D eigenvalue weighted by Crippen LogP contribution is 2.25. The summed E-state index contributed by atoms with van der Waals surface area (Å²) in [6, 6.07) is 6.85. The van der Waals surface area contributed by atoms with Crippen molar-refractivity contribution in [1.29, 1.82) is 0 Å². The lowest BCUT2D eigenvalue weighted by molar-refractivity contribution is 0.0978. The summed E-state index contributed by atoms with van der Waals surface area (Å²) in [5.74, 6) is -0.542. The lowest BCUT2D eigenvalue weighted by Gasteiger charge is -2.05. The molecule has 0 bridgehead atoms. The lowest BCUT2D eigenvalue weighted by atomic mass is 10.0. The van der Waals surface area contributed by atoms with Gasteiger partial charge >= 0.3 is 0 Å². The highest BCUT2D eigenvalue weighted by atomic mass is 16.3. The number of hydrogen-bond acceptors (Lipinski definition) is 3. The average Bonchev–Trinajstić information content (AvgIpc) is 2.29. The first-order valence-corrected chi connectivity index (χ1v) is 5.52. The summed E-state index contributed by atoms with van der Waals surface area (Å²) in [7, 11) is 0. The minimum absolute atomic E-state index is 0.134. The minimum Gasteiger partial charge on any atom is -0.506 e. The maximum atomic E-state index is 11.8. The Morgan fingerprint density at radius 2 is 2.06 bits per heavy atom. The van der Waals surface area contributed by atoms with E-state index in [4.69, 9.17) is 0 Å². The van der Waals surface area contributed by atoms with Crippen LogP contribution in [0.25, 0.3) is 10.9 Å². The first-order valence-electron chi connectivity index (χ1n) is 5.52. The van der Waals surface area contributed by atoms with Crippen molar-refractivity contribution in [3.63, 3.8) is 0 Å². The third kappa shape index (κ3) is 1.93. The highest BCUT2D eigenvalue weighted by molar-refractivity contribution is 6.03. The Labute approximate surface area is 97.9 Å². The van der Waals surface area contributed by atoms with Crippen molar-refractivity contribution in [3.05, 3.63) is 40.2 Å². The van der Waals surface area contributed by atoms with Gasteiger partial charge in [-0.3, -0.25) is 9.59 Å². The minimum atomic E-state index is -0.528. The van der Waals surface area contributed by atoms with E-state index < -0.39 is 5.56 Å². The van der Waals surface area contributed by atoms with E-state index in [0.29, 0.717) is 17.3 Å². The number of Topliss-reactive ketones (excluding diaryl/α,β-unsaturated/α-hetero) is 1. The summed E-state index contributed by atoms with van der Waals surface area (Å²) in [5, 5.41) is 10.5. The molecule has 1 aromatic heterocycles. The zero-order valence-corrected chi connectivity index (χ0v) is 9.49. The third-order valence-corrected chi connectivity index (χ3v) is 2.65. The molecule has 0 atom stereocenters. The molecule has 4 nitrogen and oxygen atoms in total. The Balaban J connectivity index is 2.72. The fourth-order valence-electron chi connectivity index (χ4n) is 1.84. The van der Waals surface area contributed by atoms with Crippen LogP contribution in [0.4, 0.5) is 0 Å². The molecule has 2 aromatic rings. The molecule has 2 N–H and O–H groups in total. The molecule has 1 aromatic carbocycles. The molecule has 17 heavy (non-hydrogen) atoms. The fraction of sp³-hybridized carbons (Fsp3) is 0.231. The summed E-state index contributed by atoms with van der Waals surface area (Å²) in [4.78, 5) is 26.1. The molecule has 0 saturated heterocycles. The van der Waals surface area contributed by atoms with Crippen LogP contribution in [0.1, 0.15) is 30.1 Å². The second kappa shape index (κ2) is 4.41. The number of aromatic hydroxyl groups is 1. The van der Waals surface area contributed by atoms with E-state index in [-0.39, 0.29) is 23.5 Å². The molecule has 0 unspecified atom stereocenters. The van der Waals surface area contributed by atoms with Crippen molar-refractivity contribution in [2.24, 2.45) is 0 Å². The number of para-hydroxylation sites is 1. The predicted molar refractivity (Wildman–Crippen MR) is 65.5 cm³/mol. The summed E-state index contributed by atoms with van der Waals surface area (Å²) in [6.45, 7) is 1.85. The number of ketones is 1. The van der Waals surface area contributed by atoms with Gasteiger partial charge in [0.05, 0.1) is 5.52 Å². The van der Waals surface area contributed by atoms with E-state index in [9.17, 15) is 14.7 Å². The topological polar surface area (TPSA) is 70.2 Å². The van der Waals surface area contributed by atoms with E-state index in [1.807, 2.05) is 6.92 Å². The predicted octanol–water partition coefficient (Wildman–Crippen LogP) is 2.22. The van der Waals surface area contributed by atoms with Crippen LogP contribution < -0.4 is 5.56 Å². The second-order valence-electron chi connectivity index (χ2n) is 3.90. The van der Waals surface area contributed by atoms with Crippen LogP contribution in [0.5, 0.6) is 5.75 Å². The van der Waals surface area contributed by atoms with Crippen LogP contribution in [0.2, 0.25) is 0 Å². The van der Waals surface area contributed by atoms with Gasteiger partial charge in [0.25, 0.3) is 5.56 Å². The van der Waals surface area contributed by atoms with Crippen LogP contribution in [-0.4, -0.2) is 15.9 Å². The molecule has 2 rings (SSSR count). The van der Waals surface area contributed by atoms with Gasteiger partial charge in [-0.25, -0.2) is 0 Å². The van der Waals surface area contributed by atoms with Crippen LogP contribution in [0.15, 0.2) is 29.1 Å². The Bertz CT molecular complexity index is 628. The van der Waals surface area contributed by atoms with Gasteiger partial charge in [0, 0.05) is 11.8 Å². The van der Waals surface area contributed by atoms with Crippen molar-refractivity contribution in [3.8, 4) is 5.75 Å². The Morgan fingerprint density at radius 3 is 2.76 bits per heavy atom. The molecule has 4 heteroatoms. The molecule has 0 saturated carbocycles. The second-order valence-corrected chi connectivity index (χ2v) is 3.90. The van der Waals surface area contributed by atoms with Crippen LogP contribution in [0.3, 0.4) is 0 Å². The van der Waals surface area contributed by atoms with Gasteiger partial charge in [0.2, 0.25) is 0 Å². The van der Waals surface area contributed by atoms with Crippen molar-refractivity contribution in [2.75, 3.05) is 0 Å². The lowest BCUT2D eigenvalue weighted by Crippen LogP contribution is -2.17. The van der Waals surface area contributed by atoms with Gasteiger partial charge in [0.1, 0.15) is 11.3 Å². The van der Waals surface area contributed by atoms with Crippen LogP contribution in [-0.2, 0) is 0 Å². The highest BCUT2D eigenvalue weighted by Gasteiger charge is 2.17. The number of fused-ring (bicyclic) bond motifs is 1. The molecule has 0 amide bonds. The number of carbonyl (C=O) groups excluding carboxylic acids is 1. The number of hydrogen-bond donors (Lipinski definition) is 2. The molecule has 0 aliphatic heterocycles. The Hall–Kier alpha value is -2.10. The van der Waals surface area contributed by atoms with Gasteiger partial charge in [-0.05, 0) is 18.6 Å². The zero-order chi connectivity index (χ0) is 12.4. The van der Waals surface area contributed by atoms with E-state index in [0.717, 1.165) is 0 Å². The molecule has 0 spiro atoms. The number of pyridine rings is 1. The molecule has 1 heterocycles. The summed E-state index contributed by atoms with van der Waals surface area (Å²) < 4.78 is 0. The first kappa shape index (κ1) is 11.4. The van der Waals surface area contributed by atoms with Gasteiger partial charge in [-0.1, -0.05) is 19.1 Å². The summed E-state index contributed by atoms with van der Waals surface area (Å²) >= 11 is 0. The number of benzene rings is 1. The Morgan fingerprint density at radius 1 is 1.35 bits per heavy atom. The van der Waals surface area contributed by atoms with Crippen molar-refractivity contribution in [1.82, 2.24) is 4.98 Å². The molecule has 0 aliphatic carbocycles. The molecule has 0 radical (unpaired) electrons. The number of aromatic amines is 1. The normalized spacial score (nSPS) is 10.6. The smallest absolute Gasteiger partial charge is 0.263 e. The molecule has 88 valence electrons. The summed E-state index contributed by atoms with van der Waals surface area (Å²) in [5.41, 5.74) is -0.131. The monoisotopic (exact) mass is 231 g/mol. The van der Waals surface area contributed by atoms with Gasteiger partial charge in [-0.2, -0.15) is 0 Å². The molecule has 0 aliphatic rings.